The van der Waals surface area contributed by atoms with Gasteiger partial charge in [0, 0.05) is 5.39 Å². The van der Waals surface area contributed by atoms with Gasteiger partial charge in [0.1, 0.15) is 6.61 Å². The van der Waals surface area contributed by atoms with Gasteiger partial charge in [-0.25, -0.2) is 4.79 Å². The van der Waals surface area contributed by atoms with E-state index in [-0.39, 0.29) is 6.61 Å². The Kier molecular flexibility index (Phi) is 2.26. The number of carbonyl (C=O) groups is 1. The third-order valence-electron chi connectivity index (χ3n) is 2.65. The molecule has 2 aromatic carbocycles. The molecule has 0 saturated heterocycles. The lowest BCUT2D eigenvalue weighted by Gasteiger charge is -2.20. The fourth-order valence-electron chi connectivity index (χ4n) is 1.89. The topological polar surface area (TPSA) is 41.9 Å². The zero-order valence-electron chi connectivity index (χ0n) is 9.04. The van der Waals surface area contributed by atoms with Crippen LogP contribution >= 0.6 is 0 Å². The molecule has 17 heavy (non-hydrogen) atoms. The second kappa shape index (κ2) is 3.90. The van der Waals surface area contributed by atoms with Gasteiger partial charge in [0.25, 0.3) is 0 Å². The largest absolute Gasteiger partial charge is 0.442 e. The summed E-state index contributed by atoms with van der Waals surface area (Å²) in [6.45, 7) is 0.236. The number of carbonyl (C=O) groups excluding carboxylic acids is 1. The average Bonchev–Trinajstić information content (AvgIpc) is 2.39. The van der Waals surface area contributed by atoms with Gasteiger partial charge >= 0.3 is 6.09 Å². The monoisotopic (exact) mass is 226 g/mol. The van der Waals surface area contributed by atoms with Crippen molar-refractivity contribution in [3.05, 3.63) is 42.5 Å². The molecule has 4 nitrogen and oxygen atoms in total. The van der Waals surface area contributed by atoms with Crippen molar-refractivity contribution in [2.75, 3.05) is 11.6 Å². The normalized spacial score (nSPS) is 15.1. The number of hydrazone groups is 1. The Morgan fingerprint density at radius 1 is 1.12 bits per heavy atom. The minimum absolute atomic E-state index is 0.236. The lowest BCUT2D eigenvalue weighted by atomic mass is 10.1. The molecule has 0 radical (unpaired) electrons. The molecular weight excluding hydrogens is 216 g/mol. The highest BCUT2D eigenvalue weighted by molar-refractivity contribution is 6.02. The standard InChI is InChI=1S/C13H10N2O2/c16-13-15(14-8-9-17-13)12-7-3-5-10-4-1-2-6-11(10)12/h1-8H,9H2. The molecule has 2 aromatic rings. The van der Waals surface area contributed by atoms with Crippen molar-refractivity contribution in [1.82, 2.24) is 0 Å². The van der Waals surface area contributed by atoms with Crippen LogP contribution in [0.4, 0.5) is 10.5 Å². The van der Waals surface area contributed by atoms with Crippen molar-refractivity contribution >= 4 is 28.8 Å². The molecular formula is C13H10N2O2. The Labute approximate surface area is 98.1 Å². The summed E-state index contributed by atoms with van der Waals surface area (Å²) in [4.78, 5) is 11.6. The second-order valence-corrected chi connectivity index (χ2v) is 3.69. The Hall–Kier alpha value is -2.36. The van der Waals surface area contributed by atoms with Gasteiger partial charge in [0.05, 0.1) is 11.9 Å². The molecule has 0 unspecified atom stereocenters. The molecule has 1 aliphatic rings. The minimum Gasteiger partial charge on any atom is -0.442 e. The summed E-state index contributed by atoms with van der Waals surface area (Å²) < 4.78 is 4.93. The summed E-state index contributed by atoms with van der Waals surface area (Å²) >= 11 is 0. The maximum atomic E-state index is 11.6. The number of cyclic esters (lactones) is 1. The van der Waals surface area contributed by atoms with Crippen molar-refractivity contribution < 1.29 is 9.53 Å². The maximum Gasteiger partial charge on any atom is 0.435 e. The van der Waals surface area contributed by atoms with Crippen LogP contribution in [0.15, 0.2) is 47.6 Å². The lowest BCUT2D eigenvalue weighted by Crippen LogP contribution is -2.31. The van der Waals surface area contributed by atoms with Gasteiger partial charge in [-0.15, -0.1) is 0 Å². The van der Waals surface area contributed by atoms with E-state index in [1.807, 2.05) is 42.5 Å². The van der Waals surface area contributed by atoms with Gasteiger partial charge in [-0.05, 0) is 11.5 Å². The molecule has 0 aliphatic carbocycles. The van der Waals surface area contributed by atoms with Crippen LogP contribution in [0.2, 0.25) is 0 Å². The SMILES string of the molecule is O=C1OCC=NN1c1cccc2ccccc12. The second-order valence-electron chi connectivity index (χ2n) is 3.69. The van der Waals surface area contributed by atoms with Crippen molar-refractivity contribution in [3.8, 4) is 0 Å². The molecule has 0 aromatic heterocycles. The zero-order valence-corrected chi connectivity index (χ0v) is 9.04. The number of rotatable bonds is 1. The van der Waals surface area contributed by atoms with E-state index in [9.17, 15) is 4.79 Å². The van der Waals surface area contributed by atoms with E-state index in [4.69, 9.17) is 4.74 Å². The number of ether oxygens (including phenoxy) is 1. The van der Waals surface area contributed by atoms with Gasteiger partial charge in [0.15, 0.2) is 0 Å². The Morgan fingerprint density at radius 3 is 2.82 bits per heavy atom. The van der Waals surface area contributed by atoms with Crippen LogP contribution in [0.1, 0.15) is 0 Å². The Bertz CT molecular complexity index is 602. The van der Waals surface area contributed by atoms with E-state index in [1.54, 1.807) is 6.21 Å². The number of benzene rings is 2. The Morgan fingerprint density at radius 2 is 1.94 bits per heavy atom. The van der Waals surface area contributed by atoms with E-state index < -0.39 is 6.09 Å². The summed E-state index contributed by atoms with van der Waals surface area (Å²) in [6.07, 6.45) is 1.13. The van der Waals surface area contributed by atoms with Gasteiger partial charge < -0.3 is 4.74 Å². The van der Waals surface area contributed by atoms with Crippen molar-refractivity contribution in [2.45, 2.75) is 0 Å². The van der Waals surface area contributed by atoms with Crippen LogP contribution in [0.25, 0.3) is 10.8 Å². The Balaban J connectivity index is 2.20. The number of amides is 1. The molecule has 84 valence electrons. The molecule has 0 atom stereocenters. The van der Waals surface area contributed by atoms with Gasteiger partial charge in [-0.3, -0.25) is 0 Å². The maximum absolute atomic E-state index is 11.6. The van der Waals surface area contributed by atoms with E-state index in [1.165, 1.54) is 5.01 Å². The predicted octanol–water partition coefficient (Wildman–Crippen LogP) is 2.78. The van der Waals surface area contributed by atoms with Crippen molar-refractivity contribution in [2.24, 2.45) is 5.10 Å². The number of hydrogen-bond donors (Lipinski definition) is 0. The fraction of sp³-hybridized carbons (Fsp3) is 0.0769. The first-order valence-corrected chi connectivity index (χ1v) is 5.33. The van der Waals surface area contributed by atoms with Crippen LogP contribution in [-0.4, -0.2) is 18.9 Å². The van der Waals surface area contributed by atoms with Crippen LogP contribution in [0, 0.1) is 0 Å². The summed E-state index contributed by atoms with van der Waals surface area (Å²) in [5, 5.41) is 7.39. The summed E-state index contributed by atoms with van der Waals surface area (Å²) in [6, 6.07) is 13.6. The van der Waals surface area contributed by atoms with Gasteiger partial charge in [-0.2, -0.15) is 10.1 Å². The lowest BCUT2D eigenvalue weighted by molar-refractivity contribution is 0.167. The molecule has 3 rings (SSSR count). The highest BCUT2D eigenvalue weighted by Crippen LogP contribution is 2.27. The number of nitrogens with zero attached hydrogens (tertiary/aromatic N) is 2. The predicted molar refractivity (Wildman–Crippen MR) is 66.3 cm³/mol. The van der Waals surface area contributed by atoms with Crippen LogP contribution in [0.5, 0.6) is 0 Å². The quantitative estimate of drug-likeness (QED) is 0.750. The fourth-order valence-corrected chi connectivity index (χ4v) is 1.89. The average molecular weight is 226 g/mol. The van der Waals surface area contributed by atoms with Crippen molar-refractivity contribution in [1.29, 1.82) is 0 Å². The van der Waals surface area contributed by atoms with E-state index in [2.05, 4.69) is 5.10 Å². The molecule has 0 saturated carbocycles. The first kappa shape index (κ1) is 9.84. The molecule has 0 N–H and O–H groups in total. The molecule has 1 aliphatic heterocycles. The number of fused-ring (bicyclic) bond motifs is 1. The van der Waals surface area contributed by atoms with Gasteiger partial charge in [0.2, 0.25) is 0 Å². The van der Waals surface area contributed by atoms with E-state index in [0.717, 1.165) is 16.5 Å². The third-order valence-corrected chi connectivity index (χ3v) is 2.65. The highest BCUT2D eigenvalue weighted by Gasteiger charge is 2.20. The number of anilines is 1. The van der Waals surface area contributed by atoms with E-state index in [0.29, 0.717) is 0 Å². The summed E-state index contributed by atoms with van der Waals surface area (Å²) in [5.41, 5.74) is 0.740. The molecule has 1 heterocycles. The van der Waals surface area contributed by atoms with E-state index >= 15 is 0 Å². The molecule has 0 bridgehead atoms. The van der Waals surface area contributed by atoms with Crippen LogP contribution in [0.3, 0.4) is 0 Å². The minimum atomic E-state index is -0.441. The van der Waals surface area contributed by atoms with Crippen molar-refractivity contribution in [3.63, 3.8) is 0 Å². The van der Waals surface area contributed by atoms with Crippen LogP contribution in [-0.2, 0) is 4.74 Å². The third kappa shape index (κ3) is 1.63. The zero-order chi connectivity index (χ0) is 11.7. The molecule has 1 amide bonds. The molecule has 4 heteroatoms. The van der Waals surface area contributed by atoms with Gasteiger partial charge in [-0.1, -0.05) is 36.4 Å². The first-order valence-electron chi connectivity index (χ1n) is 5.33. The molecule has 0 fully saturated rings. The molecule has 0 spiro atoms. The van der Waals surface area contributed by atoms with Crippen LogP contribution < -0.4 is 5.01 Å². The number of hydrogen-bond acceptors (Lipinski definition) is 3. The highest BCUT2D eigenvalue weighted by atomic mass is 16.6. The summed E-state index contributed by atoms with van der Waals surface area (Å²) in [5.74, 6) is 0. The summed E-state index contributed by atoms with van der Waals surface area (Å²) in [7, 11) is 0. The smallest absolute Gasteiger partial charge is 0.435 e. The first-order chi connectivity index (χ1) is 8.36.